The second-order valence-electron chi connectivity index (χ2n) is 3.30. The molecule has 0 aliphatic carbocycles. The van der Waals surface area contributed by atoms with Crippen molar-refractivity contribution in [2.24, 2.45) is 0 Å². The molecule has 2 rings (SSSR count). The number of nitro benzene ring substituents is 1. The highest BCUT2D eigenvalue weighted by Crippen LogP contribution is 2.20. The van der Waals surface area contributed by atoms with E-state index in [1.54, 1.807) is 12.1 Å². The van der Waals surface area contributed by atoms with E-state index >= 15 is 0 Å². The van der Waals surface area contributed by atoms with E-state index in [-0.39, 0.29) is 10.6 Å². The lowest BCUT2D eigenvalue weighted by atomic mass is 10.0. The first-order valence-electron chi connectivity index (χ1n) is 4.58. The lowest BCUT2D eigenvalue weighted by molar-refractivity contribution is -0.384. The zero-order valence-electron chi connectivity index (χ0n) is 7.69. The summed E-state index contributed by atoms with van der Waals surface area (Å²) in [5, 5.41) is 13.8. The molecule has 0 radical (unpaired) electrons. The topological polar surface area (TPSA) is 55.2 Å². The van der Waals surface area contributed by atoms with Gasteiger partial charge in [-0.2, -0.15) is 0 Å². The van der Waals surface area contributed by atoms with E-state index in [1.807, 2.05) is 6.07 Å². The number of rotatable bonds is 1. The van der Waals surface area contributed by atoms with Crippen LogP contribution in [0.1, 0.15) is 11.1 Å². The quantitative estimate of drug-likeness (QED) is 0.413. The molecule has 0 bridgehead atoms. The van der Waals surface area contributed by atoms with Crippen LogP contribution in [0.2, 0.25) is 0 Å². The van der Waals surface area contributed by atoms with E-state index in [0.717, 1.165) is 30.6 Å². The molecule has 72 valence electrons. The van der Waals surface area contributed by atoms with Crippen molar-refractivity contribution in [1.82, 2.24) is 5.32 Å². The molecule has 1 heterocycles. The third-order valence-corrected chi connectivity index (χ3v) is 2.37. The number of nitrogens with zero attached hydrogens (tertiary/aromatic N) is 1. The van der Waals surface area contributed by atoms with Crippen molar-refractivity contribution in [3.63, 3.8) is 0 Å². The maximum Gasteiger partial charge on any atom is 0.295 e. The molecule has 1 N–H and O–H groups in total. The summed E-state index contributed by atoms with van der Waals surface area (Å²) >= 11 is 0. The average Bonchev–Trinajstić information content (AvgIpc) is 2.41. The van der Waals surface area contributed by atoms with E-state index < -0.39 is 0 Å². The average molecular weight is 191 g/mol. The Labute approximate surface area is 82.1 Å². The van der Waals surface area contributed by atoms with Crippen LogP contribution in [0.3, 0.4) is 0 Å². The van der Waals surface area contributed by atoms with Crippen LogP contribution in [-0.2, 0) is 6.42 Å². The lowest BCUT2D eigenvalue weighted by Gasteiger charge is -1.95. The first-order chi connectivity index (χ1) is 6.77. The van der Waals surface area contributed by atoms with Crippen LogP contribution in [-0.4, -0.2) is 18.0 Å². The highest BCUT2D eigenvalue weighted by Gasteiger charge is 2.19. The summed E-state index contributed by atoms with van der Waals surface area (Å²) in [4.78, 5) is 10.2. The lowest BCUT2D eigenvalue weighted by Crippen LogP contribution is -2.15. The molecule has 14 heavy (non-hydrogen) atoms. The van der Waals surface area contributed by atoms with E-state index in [0.29, 0.717) is 0 Å². The van der Waals surface area contributed by atoms with Crippen molar-refractivity contribution in [2.45, 2.75) is 6.42 Å². The number of hydrogen-bond acceptors (Lipinski definition) is 3. The normalized spacial score (nSPS) is 15.1. The van der Waals surface area contributed by atoms with E-state index in [1.165, 1.54) is 0 Å². The summed E-state index contributed by atoms with van der Waals surface area (Å²) in [7, 11) is 0. The van der Waals surface area contributed by atoms with Crippen molar-refractivity contribution in [3.8, 4) is 0 Å². The summed E-state index contributed by atoms with van der Waals surface area (Å²) in [6.45, 7) is 1.72. The van der Waals surface area contributed by atoms with Crippen LogP contribution in [0.5, 0.6) is 0 Å². The minimum Gasteiger partial charge on any atom is -0.301 e. The van der Waals surface area contributed by atoms with Gasteiger partial charge in [0.05, 0.1) is 35.2 Å². The van der Waals surface area contributed by atoms with Gasteiger partial charge >= 0.3 is 0 Å². The van der Waals surface area contributed by atoms with E-state index in [9.17, 15) is 10.1 Å². The molecule has 0 atom stereocenters. The molecule has 0 fully saturated rings. The number of benzene rings is 1. The Balaban J connectivity index is 2.37. The summed E-state index contributed by atoms with van der Waals surface area (Å²) in [5.41, 5.74) is 2.35. The molecule has 1 aromatic rings. The van der Waals surface area contributed by atoms with Gasteiger partial charge < -0.3 is 5.32 Å². The Hall–Kier alpha value is -1.55. The number of non-ortho nitro benzene ring substituents is 1. The van der Waals surface area contributed by atoms with Gasteiger partial charge in [0.15, 0.2) is 0 Å². The number of fused-ring (bicyclic) bond motifs is 1. The molecule has 1 aliphatic rings. The Morgan fingerprint density at radius 2 is 2.36 bits per heavy atom. The van der Waals surface area contributed by atoms with Gasteiger partial charge in [-0.15, -0.1) is 0 Å². The summed E-state index contributed by atoms with van der Waals surface area (Å²) in [6, 6.07) is 5.04. The van der Waals surface area contributed by atoms with Crippen molar-refractivity contribution in [2.75, 3.05) is 13.1 Å². The van der Waals surface area contributed by atoms with E-state index in [2.05, 4.69) is 11.7 Å². The summed E-state index contributed by atoms with van der Waals surface area (Å²) < 4.78 is 0. The van der Waals surface area contributed by atoms with Crippen molar-refractivity contribution < 1.29 is 4.92 Å². The van der Waals surface area contributed by atoms with Gasteiger partial charge in [-0.05, 0) is 0 Å². The fourth-order valence-corrected chi connectivity index (χ4v) is 1.63. The molecular weight excluding hydrogens is 180 g/mol. The molecule has 1 aromatic carbocycles. The molecule has 0 amide bonds. The van der Waals surface area contributed by atoms with Gasteiger partial charge in [-0.3, -0.25) is 10.1 Å². The third-order valence-electron chi connectivity index (χ3n) is 2.37. The summed E-state index contributed by atoms with van der Waals surface area (Å²) in [5.74, 6) is 0. The second kappa shape index (κ2) is 3.67. The standard InChI is InChI=1S/C10H11N2O2/c13-12(14)10-2-1-8-3-5-11-6-4-9(8)7-10/h1-3,7,11H,4-6H2/q+1. The Kier molecular flexibility index (Phi) is 2.37. The molecule has 1 aliphatic heterocycles. The molecule has 0 saturated carbocycles. The maximum absolute atomic E-state index is 10.6. The monoisotopic (exact) mass is 191 g/mol. The third kappa shape index (κ3) is 1.70. The zero-order chi connectivity index (χ0) is 9.97. The van der Waals surface area contributed by atoms with Crippen molar-refractivity contribution in [3.05, 3.63) is 45.9 Å². The van der Waals surface area contributed by atoms with Crippen LogP contribution in [0.25, 0.3) is 0 Å². The van der Waals surface area contributed by atoms with Crippen LogP contribution in [0.15, 0.2) is 18.2 Å². The Morgan fingerprint density at radius 3 is 3.14 bits per heavy atom. The minimum atomic E-state index is -0.349. The molecular formula is C10H11N2O2+. The van der Waals surface area contributed by atoms with Gasteiger partial charge in [-0.25, -0.2) is 0 Å². The Bertz CT molecular complexity index is 363. The smallest absolute Gasteiger partial charge is 0.295 e. The Morgan fingerprint density at radius 1 is 1.50 bits per heavy atom. The molecule has 0 aromatic heterocycles. The largest absolute Gasteiger partial charge is 0.301 e. The first kappa shape index (κ1) is 9.02. The van der Waals surface area contributed by atoms with Crippen LogP contribution in [0.4, 0.5) is 5.69 Å². The minimum absolute atomic E-state index is 0.180. The fraction of sp³-hybridized carbons (Fsp3) is 0.300. The molecule has 0 unspecified atom stereocenters. The predicted octanol–water partition coefficient (Wildman–Crippen LogP) is 1.29. The van der Waals surface area contributed by atoms with Gasteiger partial charge in [0, 0.05) is 19.4 Å². The molecule has 4 heteroatoms. The van der Waals surface area contributed by atoms with Gasteiger partial charge in [0.2, 0.25) is 0 Å². The van der Waals surface area contributed by atoms with Crippen LogP contribution < -0.4 is 5.32 Å². The highest BCUT2D eigenvalue weighted by molar-refractivity contribution is 5.43. The van der Waals surface area contributed by atoms with Gasteiger partial charge in [0.1, 0.15) is 5.56 Å². The van der Waals surface area contributed by atoms with E-state index in [4.69, 9.17) is 0 Å². The number of nitrogens with one attached hydrogen (secondary N) is 1. The summed E-state index contributed by atoms with van der Waals surface area (Å²) in [6.07, 6.45) is 2.92. The SMILES string of the molecule is O=[N+]([O-])c1ccc2c(c1)CCNC[CH+]2. The van der Waals surface area contributed by atoms with Gasteiger partial charge in [-0.1, -0.05) is 0 Å². The predicted molar refractivity (Wildman–Crippen MR) is 53.1 cm³/mol. The number of nitro groups is 1. The molecule has 4 nitrogen and oxygen atoms in total. The van der Waals surface area contributed by atoms with Crippen molar-refractivity contribution in [1.29, 1.82) is 0 Å². The molecule has 0 spiro atoms. The second-order valence-corrected chi connectivity index (χ2v) is 3.30. The zero-order valence-corrected chi connectivity index (χ0v) is 7.69. The molecule has 0 saturated heterocycles. The van der Waals surface area contributed by atoms with Gasteiger partial charge in [0.25, 0.3) is 5.69 Å². The fourth-order valence-electron chi connectivity index (χ4n) is 1.63. The van der Waals surface area contributed by atoms with Crippen LogP contribution in [0, 0.1) is 16.5 Å². The maximum atomic E-state index is 10.6. The first-order valence-corrected chi connectivity index (χ1v) is 4.58. The van der Waals surface area contributed by atoms with Crippen LogP contribution >= 0.6 is 0 Å². The van der Waals surface area contributed by atoms with Crippen molar-refractivity contribution >= 4 is 5.69 Å². The number of hydrogen-bond donors (Lipinski definition) is 1. The highest BCUT2D eigenvalue weighted by atomic mass is 16.6.